The molecule has 0 radical (unpaired) electrons. The predicted octanol–water partition coefficient (Wildman–Crippen LogP) is 1.74. The van der Waals surface area contributed by atoms with Crippen molar-refractivity contribution in [3.63, 3.8) is 0 Å². The zero-order chi connectivity index (χ0) is 6.85. The Bertz CT molecular complexity index is 270. The summed E-state index contributed by atoms with van der Waals surface area (Å²) >= 11 is 5.13. The molecule has 1 aromatic rings. The summed E-state index contributed by atoms with van der Waals surface area (Å²) in [5.41, 5.74) is 0.0122. The number of aromatic nitrogens is 1. The van der Waals surface area contributed by atoms with Gasteiger partial charge in [0, 0.05) is 12.3 Å². The van der Waals surface area contributed by atoms with Crippen LogP contribution in [0.3, 0.4) is 0 Å². The Labute approximate surface area is 73.9 Å². The van der Waals surface area contributed by atoms with E-state index in [1.165, 1.54) is 6.07 Å². The van der Waals surface area contributed by atoms with Gasteiger partial charge in [-0.15, -0.1) is 0 Å². The van der Waals surface area contributed by atoms with E-state index in [1.807, 2.05) is 22.6 Å². The van der Waals surface area contributed by atoms with Gasteiger partial charge in [-0.25, -0.2) is 0 Å². The van der Waals surface area contributed by atoms with E-state index < -0.39 is 0 Å². The minimum Gasteiger partial charge on any atom is -0.355 e. The zero-order valence-electron chi connectivity index (χ0n) is 4.32. The first-order valence-corrected chi connectivity index (χ1v) is 4.11. The van der Waals surface area contributed by atoms with E-state index in [-0.39, 0.29) is 5.43 Å². The van der Waals surface area contributed by atoms with Gasteiger partial charge >= 0.3 is 0 Å². The lowest BCUT2D eigenvalue weighted by Gasteiger charge is -1.88. The van der Waals surface area contributed by atoms with Gasteiger partial charge in [0.15, 0.2) is 5.43 Å². The fourth-order valence-corrected chi connectivity index (χ4v) is 1.10. The largest absolute Gasteiger partial charge is 0.355 e. The smallest absolute Gasteiger partial charge is 0.196 e. The Morgan fingerprint density at radius 2 is 2.33 bits per heavy atom. The monoisotopic (exact) mass is 299 g/mol. The van der Waals surface area contributed by atoms with E-state index in [0.717, 1.165) is 3.70 Å². The summed E-state index contributed by atoms with van der Waals surface area (Å²) in [7, 11) is 0. The van der Waals surface area contributed by atoms with Crippen molar-refractivity contribution in [2.24, 2.45) is 0 Å². The Hall–Kier alpha value is 0.160. The van der Waals surface area contributed by atoms with E-state index in [0.29, 0.717) is 4.47 Å². The highest BCUT2D eigenvalue weighted by Gasteiger charge is 1.92. The van der Waals surface area contributed by atoms with Crippen LogP contribution < -0.4 is 5.43 Å². The molecule has 48 valence electrons. The number of nitrogens with one attached hydrogen (secondary N) is 1. The molecule has 0 bridgehead atoms. The number of aromatic amines is 1. The molecule has 0 amide bonds. The highest BCUT2D eigenvalue weighted by molar-refractivity contribution is 14.1. The van der Waals surface area contributed by atoms with Gasteiger partial charge in [-0.1, -0.05) is 0 Å². The van der Waals surface area contributed by atoms with E-state index in [2.05, 4.69) is 20.9 Å². The Morgan fingerprint density at radius 1 is 1.67 bits per heavy atom. The fourth-order valence-electron chi connectivity index (χ4n) is 0.429. The average molecular weight is 300 g/mol. The lowest BCUT2D eigenvalue weighted by atomic mass is 10.5. The lowest BCUT2D eigenvalue weighted by Crippen LogP contribution is -2.00. The first-order valence-electron chi connectivity index (χ1n) is 2.24. The summed E-state index contributed by atoms with van der Waals surface area (Å²) in [5, 5.41) is 0. The highest BCUT2D eigenvalue weighted by Crippen LogP contribution is 2.01. The van der Waals surface area contributed by atoms with Crippen LogP contribution in [-0.2, 0) is 0 Å². The Morgan fingerprint density at radius 3 is 2.78 bits per heavy atom. The van der Waals surface area contributed by atoms with Crippen LogP contribution in [-0.4, -0.2) is 4.98 Å². The van der Waals surface area contributed by atoms with E-state index in [9.17, 15) is 4.79 Å². The Balaban J connectivity index is 3.34. The van der Waals surface area contributed by atoms with E-state index >= 15 is 0 Å². The van der Waals surface area contributed by atoms with Crippen molar-refractivity contribution >= 4 is 38.5 Å². The van der Waals surface area contributed by atoms with Gasteiger partial charge in [-0.2, -0.15) is 0 Å². The minimum absolute atomic E-state index is 0.0122. The molecule has 0 fully saturated rings. The maximum Gasteiger partial charge on any atom is 0.196 e. The van der Waals surface area contributed by atoms with Crippen LogP contribution in [0.1, 0.15) is 0 Å². The molecule has 0 atom stereocenters. The number of hydrogen-bond acceptors (Lipinski definition) is 1. The minimum atomic E-state index is 0.0122. The normalized spacial score (nSPS) is 9.56. The second kappa shape index (κ2) is 2.83. The van der Waals surface area contributed by atoms with Crippen LogP contribution in [0, 0.1) is 3.70 Å². The molecule has 1 aromatic heterocycles. The summed E-state index contributed by atoms with van der Waals surface area (Å²) in [6, 6.07) is 1.53. The van der Waals surface area contributed by atoms with E-state index in [1.54, 1.807) is 6.20 Å². The fraction of sp³-hybridized carbons (Fsp3) is 0. The third kappa shape index (κ3) is 1.79. The van der Waals surface area contributed by atoms with Crippen molar-refractivity contribution in [3.8, 4) is 0 Å². The second-order valence-electron chi connectivity index (χ2n) is 1.49. The van der Waals surface area contributed by atoms with Crippen molar-refractivity contribution < 1.29 is 0 Å². The molecule has 0 saturated heterocycles. The third-order valence-electron chi connectivity index (χ3n) is 0.830. The molecular weight excluding hydrogens is 297 g/mol. The standard InChI is InChI=1S/C5H3BrINO/c6-3-2-8-5(7)1-4(3)9/h1-2H,(H,8,9). The molecule has 0 saturated carbocycles. The van der Waals surface area contributed by atoms with Gasteiger partial charge < -0.3 is 4.98 Å². The average Bonchev–Trinajstić information content (AvgIpc) is 1.80. The molecule has 0 aromatic carbocycles. The van der Waals surface area contributed by atoms with Gasteiger partial charge in [0.2, 0.25) is 0 Å². The van der Waals surface area contributed by atoms with Crippen LogP contribution in [0.4, 0.5) is 0 Å². The molecule has 2 nitrogen and oxygen atoms in total. The molecule has 0 aliphatic rings. The first-order chi connectivity index (χ1) is 4.20. The number of pyridine rings is 1. The highest BCUT2D eigenvalue weighted by atomic mass is 127. The SMILES string of the molecule is O=c1cc(I)[nH]cc1Br. The van der Waals surface area contributed by atoms with Crippen LogP contribution in [0.25, 0.3) is 0 Å². The lowest BCUT2D eigenvalue weighted by molar-refractivity contribution is 1.23. The quantitative estimate of drug-likeness (QED) is 0.574. The van der Waals surface area contributed by atoms with Crippen LogP contribution in [0.15, 0.2) is 21.5 Å². The number of rotatable bonds is 0. The summed E-state index contributed by atoms with van der Waals surface area (Å²) in [5.74, 6) is 0. The summed E-state index contributed by atoms with van der Waals surface area (Å²) in [6.45, 7) is 0. The Kier molecular flexibility index (Phi) is 2.29. The molecule has 4 heteroatoms. The van der Waals surface area contributed by atoms with Crippen molar-refractivity contribution in [2.75, 3.05) is 0 Å². The molecule has 1 heterocycles. The summed E-state index contributed by atoms with van der Waals surface area (Å²) in [4.78, 5) is 13.6. The number of halogens is 2. The molecule has 1 N–H and O–H groups in total. The van der Waals surface area contributed by atoms with Crippen LogP contribution in [0.2, 0.25) is 0 Å². The van der Waals surface area contributed by atoms with Crippen molar-refractivity contribution in [1.29, 1.82) is 0 Å². The molecule has 9 heavy (non-hydrogen) atoms. The predicted molar refractivity (Wildman–Crippen MR) is 47.5 cm³/mol. The first kappa shape index (κ1) is 7.27. The molecule has 0 aliphatic heterocycles. The molecule has 0 spiro atoms. The molecule has 1 rings (SSSR count). The van der Waals surface area contributed by atoms with Crippen molar-refractivity contribution in [3.05, 3.63) is 30.7 Å². The van der Waals surface area contributed by atoms with Gasteiger partial charge in [0.25, 0.3) is 0 Å². The molecular formula is C5H3BrINO. The zero-order valence-corrected chi connectivity index (χ0v) is 8.06. The maximum atomic E-state index is 10.8. The maximum absolute atomic E-state index is 10.8. The number of H-pyrrole nitrogens is 1. The van der Waals surface area contributed by atoms with Crippen molar-refractivity contribution in [2.45, 2.75) is 0 Å². The second-order valence-corrected chi connectivity index (χ2v) is 3.51. The molecule has 0 aliphatic carbocycles. The van der Waals surface area contributed by atoms with Gasteiger partial charge in [-0.3, -0.25) is 4.79 Å². The van der Waals surface area contributed by atoms with Gasteiger partial charge in [0.05, 0.1) is 8.17 Å². The van der Waals surface area contributed by atoms with Gasteiger partial charge in [0.1, 0.15) is 0 Å². The van der Waals surface area contributed by atoms with E-state index in [4.69, 9.17) is 0 Å². The number of hydrogen-bond donors (Lipinski definition) is 1. The van der Waals surface area contributed by atoms with Crippen molar-refractivity contribution in [1.82, 2.24) is 4.98 Å². The molecule has 0 unspecified atom stereocenters. The summed E-state index contributed by atoms with van der Waals surface area (Å²) < 4.78 is 1.42. The van der Waals surface area contributed by atoms with Crippen LogP contribution >= 0.6 is 38.5 Å². The summed E-state index contributed by atoms with van der Waals surface area (Å²) in [6.07, 6.45) is 1.63. The third-order valence-corrected chi connectivity index (χ3v) is 2.07. The van der Waals surface area contributed by atoms with Gasteiger partial charge in [-0.05, 0) is 38.5 Å². The van der Waals surface area contributed by atoms with Crippen LogP contribution in [0.5, 0.6) is 0 Å². The topological polar surface area (TPSA) is 32.9 Å².